The normalized spacial score (nSPS) is 14.9. The van der Waals surface area contributed by atoms with Gasteiger partial charge in [0.1, 0.15) is 0 Å². The molecule has 0 radical (unpaired) electrons. The van der Waals surface area contributed by atoms with E-state index in [-0.39, 0.29) is 6.04 Å². The van der Waals surface area contributed by atoms with E-state index in [1.165, 1.54) is 17.5 Å². The Kier molecular flexibility index (Phi) is 5.66. The fourth-order valence-electron chi connectivity index (χ4n) is 2.06. The highest BCUT2D eigenvalue weighted by atomic mass is 15.1. The molecule has 0 fully saturated rings. The first-order valence-electron chi connectivity index (χ1n) is 6.55. The lowest BCUT2D eigenvalue weighted by Crippen LogP contribution is -2.32. The molecule has 2 unspecified atom stereocenters. The third-order valence-electron chi connectivity index (χ3n) is 3.21. The number of nitrogens with two attached hydrogens (primary N) is 1. The second-order valence-electron chi connectivity index (χ2n) is 5.22. The van der Waals surface area contributed by atoms with E-state index >= 15 is 0 Å². The molecule has 0 aliphatic heterocycles. The first-order valence-corrected chi connectivity index (χ1v) is 6.55. The SMILES string of the molecule is CCC(C)c1ccc(CN(C)CC(C)N)cc1. The van der Waals surface area contributed by atoms with E-state index in [2.05, 4.69) is 50.1 Å². The maximum absolute atomic E-state index is 5.79. The third-order valence-corrected chi connectivity index (χ3v) is 3.21. The molecule has 0 bridgehead atoms. The maximum atomic E-state index is 5.79. The summed E-state index contributed by atoms with van der Waals surface area (Å²) in [7, 11) is 2.12. The summed E-state index contributed by atoms with van der Waals surface area (Å²) >= 11 is 0. The van der Waals surface area contributed by atoms with E-state index in [0.29, 0.717) is 5.92 Å². The van der Waals surface area contributed by atoms with Crippen LogP contribution in [-0.2, 0) is 6.54 Å². The summed E-state index contributed by atoms with van der Waals surface area (Å²) in [6.45, 7) is 8.46. The molecule has 1 aromatic carbocycles. The van der Waals surface area contributed by atoms with Crippen LogP contribution in [0.25, 0.3) is 0 Å². The molecule has 2 N–H and O–H groups in total. The van der Waals surface area contributed by atoms with Crippen molar-refractivity contribution in [3.63, 3.8) is 0 Å². The number of hydrogen-bond donors (Lipinski definition) is 1. The topological polar surface area (TPSA) is 29.3 Å². The minimum Gasteiger partial charge on any atom is -0.327 e. The highest BCUT2D eigenvalue weighted by molar-refractivity contribution is 5.24. The summed E-state index contributed by atoms with van der Waals surface area (Å²) in [5.74, 6) is 0.658. The molecular weight excluding hydrogens is 208 g/mol. The summed E-state index contributed by atoms with van der Waals surface area (Å²) in [5, 5.41) is 0. The molecule has 2 atom stereocenters. The van der Waals surface area contributed by atoms with Gasteiger partial charge in [0, 0.05) is 19.1 Å². The van der Waals surface area contributed by atoms with Crippen molar-refractivity contribution in [2.45, 2.75) is 45.7 Å². The number of rotatable bonds is 6. The molecular formula is C15H26N2. The fraction of sp³-hybridized carbons (Fsp3) is 0.600. The zero-order valence-corrected chi connectivity index (χ0v) is 11.6. The van der Waals surface area contributed by atoms with Crippen LogP contribution < -0.4 is 5.73 Å². The van der Waals surface area contributed by atoms with Gasteiger partial charge < -0.3 is 10.6 Å². The summed E-state index contributed by atoms with van der Waals surface area (Å²) in [6, 6.07) is 9.21. The van der Waals surface area contributed by atoms with Gasteiger partial charge in [-0.1, -0.05) is 38.1 Å². The molecule has 17 heavy (non-hydrogen) atoms. The van der Waals surface area contributed by atoms with Gasteiger partial charge >= 0.3 is 0 Å². The standard InChI is InChI=1S/C15H26N2/c1-5-12(2)15-8-6-14(7-9-15)11-17(4)10-13(3)16/h6-9,12-13H,5,10-11,16H2,1-4H3. The van der Waals surface area contributed by atoms with Gasteiger partial charge in [-0.05, 0) is 37.4 Å². The largest absolute Gasteiger partial charge is 0.327 e. The van der Waals surface area contributed by atoms with Crippen LogP contribution in [0.4, 0.5) is 0 Å². The van der Waals surface area contributed by atoms with Crippen LogP contribution in [0.3, 0.4) is 0 Å². The predicted octanol–water partition coefficient (Wildman–Crippen LogP) is 2.98. The second-order valence-corrected chi connectivity index (χ2v) is 5.22. The Morgan fingerprint density at radius 1 is 1.18 bits per heavy atom. The van der Waals surface area contributed by atoms with E-state index in [0.717, 1.165) is 13.1 Å². The molecule has 0 heterocycles. The van der Waals surface area contributed by atoms with Crippen molar-refractivity contribution in [3.05, 3.63) is 35.4 Å². The minimum absolute atomic E-state index is 0.236. The van der Waals surface area contributed by atoms with E-state index < -0.39 is 0 Å². The Morgan fingerprint density at radius 2 is 1.76 bits per heavy atom. The zero-order chi connectivity index (χ0) is 12.8. The van der Waals surface area contributed by atoms with Gasteiger partial charge in [-0.2, -0.15) is 0 Å². The maximum Gasteiger partial charge on any atom is 0.0231 e. The Balaban J connectivity index is 2.56. The van der Waals surface area contributed by atoms with Crippen LogP contribution in [0.5, 0.6) is 0 Å². The van der Waals surface area contributed by atoms with Gasteiger partial charge in [-0.25, -0.2) is 0 Å². The van der Waals surface area contributed by atoms with Gasteiger partial charge in [0.15, 0.2) is 0 Å². The molecule has 0 saturated heterocycles. The van der Waals surface area contributed by atoms with Crippen molar-refractivity contribution in [2.24, 2.45) is 5.73 Å². The Hall–Kier alpha value is -0.860. The van der Waals surface area contributed by atoms with Gasteiger partial charge in [0.25, 0.3) is 0 Å². The molecule has 2 nitrogen and oxygen atoms in total. The molecule has 2 heteroatoms. The summed E-state index contributed by atoms with van der Waals surface area (Å²) < 4.78 is 0. The van der Waals surface area contributed by atoms with Gasteiger partial charge in [0.05, 0.1) is 0 Å². The molecule has 1 rings (SSSR count). The van der Waals surface area contributed by atoms with Crippen LogP contribution in [0, 0.1) is 0 Å². The molecule has 1 aromatic rings. The molecule has 0 spiro atoms. The lowest BCUT2D eigenvalue weighted by atomic mass is 9.97. The smallest absolute Gasteiger partial charge is 0.0231 e. The third kappa shape index (κ3) is 4.88. The lowest BCUT2D eigenvalue weighted by Gasteiger charge is -2.19. The lowest BCUT2D eigenvalue weighted by molar-refractivity contribution is 0.310. The van der Waals surface area contributed by atoms with Crippen LogP contribution in [0.1, 0.15) is 44.2 Å². The van der Waals surface area contributed by atoms with Gasteiger partial charge in [-0.3, -0.25) is 0 Å². The summed E-state index contributed by atoms with van der Waals surface area (Å²) in [6.07, 6.45) is 1.20. The van der Waals surface area contributed by atoms with E-state index in [4.69, 9.17) is 5.73 Å². The van der Waals surface area contributed by atoms with Crippen LogP contribution in [0.2, 0.25) is 0 Å². The first kappa shape index (κ1) is 14.2. The highest BCUT2D eigenvalue weighted by Crippen LogP contribution is 2.19. The van der Waals surface area contributed by atoms with Crippen LogP contribution >= 0.6 is 0 Å². The number of nitrogens with zero attached hydrogens (tertiary/aromatic N) is 1. The van der Waals surface area contributed by atoms with Crippen LogP contribution in [0.15, 0.2) is 24.3 Å². The molecule has 0 saturated carbocycles. The predicted molar refractivity (Wildman–Crippen MR) is 75.1 cm³/mol. The number of benzene rings is 1. The fourth-order valence-corrected chi connectivity index (χ4v) is 2.06. The first-order chi connectivity index (χ1) is 8.02. The molecule has 0 aliphatic rings. The minimum atomic E-state index is 0.236. The molecule has 0 aromatic heterocycles. The molecule has 0 aliphatic carbocycles. The van der Waals surface area contributed by atoms with Crippen molar-refractivity contribution in [1.82, 2.24) is 4.90 Å². The monoisotopic (exact) mass is 234 g/mol. The van der Waals surface area contributed by atoms with Crippen molar-refractivity contribution in [3.8, 4) is 0 Å². The van der Waals surface area contributed by atoms with Crippen molar-refractivity contribution in [2.75, 3.05) is 13.6 Å². The van der Waals surface area contributed by atoms with Crippen LogP contribution in [-0.4, -0.2) is 24.5 Å². The summed E-state index contributed by atoms with van der Waals surface area (Å²) in [5.41, 5.74) is 8.58. The Labute approximate surface area is 106 Å². The quantitative estimate of drug-likeness (QED) is 0.820. The van der Waals surface area contributed by atoms with E-state index in [1.807, 2.05) is 6.92 Å². The zero-order valence-electron chi connectivity index (χ0n) is 11.6. The van der Waals surface area contributed by atoms with Crippen molar-refractivity contribution in [1.29, 1.82) is 0 Å². The average molecular weight is 234 g/mol. The van der Waals surface area contributed by atoms with Gasteiger partial charge in [0.2, 0.25) is 0 Å². The highest BCUT2D eigenvalue weighted by Gasteiger charge is 2.05. The average Bonchev–Trinajstić information content (AvgIpc) is 2.28. The van der Waals surface area contributed by atoms with Crippen molar-refractivity contribution >= 4 is 0 Å². The summed E-state index contributed by atoms with van der Waals surface area (Å²) in [4.78, 5) is 2.27. The van der Waals surface area contributed by atoms with E-state index in [1.54, 1.807) is 0 Å². The Morgan fingerprint density at radius 3 is 2.24 bits per heavy atom. The Bertz CT molecular complexity index is 316. The van der Waals surface area contributed by atoms with Gasteiger partial charge in [-0.15, -0.1) is 0 Å². The number of likely N-dealkylation sites (N-methyl/N-ethyl adjacent to an activating group) is 1. The van der Waals surface area contributed by atoms with E-state index in [9.17, 15) is 0 Å². The van der Waals surface area contributed by atoms with Crippen molar-refractivity contribution < 1.29 is 0 Å². The molecule has 0 amide bonds. The molecule has 96 valence electrons. The second kappa shape index (κ2) is 6.77. The number of hydrogen-bond acceptors (Lipinski definition) is 2.